The van der Waals surface area contributed by atoms with E-state index in [1.54, 1.807) is 6.07 Å². The fraction of sp³-hybridized carbons (Fsp3) is 0. The van der Waals surface area contributed by atoms with E-state index in [1.807, 2.05) is 42.5 Å². The predicted octanol–water partition coefficient (Wildman–Crippen LogP) is 3.06. The molecule has 0 fully saturated rings. The number of amides is 1. The van der Waals surface area contributed by atoms with E-state index in [9.17, 15) is 4.79 Å². The van der Waals surface area contributed by atoms with Gasteiger partial charge in [0.25, 0.3) is 5.91 Å². The molecule has 3 nitrogen and oxygen atoms in total. The van der Waals surface area contributed by atoms with E-state index in [0.717, 1.165) is 21.5 Å². The van der Waals surface area contributed by atoms with E-state index in [-0.39, 0.29) is 0 Å². The van der Waals surface area contributed by atoms with Gasteiger partial charge in [0.15, 0.2) is 0 Å². The van der Waals surface area contributed by atoms with Crippen molar-refractivity contribution in [1.82, 2.24) is 4.98 Å². The minimum Gasteiger partial charge on any atom is -0.365 e. The molecule has 2 N–H and O–H groups in total. The third-order valence-electron chi connectivity index (χ3n) is 2.70. The Balaban J connectivity index is 2.10. The maximum absolute atomic E-state index is 11.1. The largest absolute Gasteiger partial charge is 0.365 e. The monoisotopic (exact) mass is 254 g/mol. The van der Waals surface area contributed by atoms with E-state index in [0.29, 0.717) is 4.88 Å². The summed E-state index contributed by atoms with van der Waals surface area (Å²) in [6, 6.07) is 15.5. The van der Waals surface area contributed by atoms with Crippen LogP contribution in [0.15, 0.2) is 48.5 Å². The number of hydrogen-bond donors (Lipinski definition) is 1. The summed E-state index contributed by atoms with van der Waals surface area (Å²) in [5, 5.41) is 1.10. The topological polar surface area (TPSA) is 56.0 Å². The van der Waals surface area contributed by atoms with Gasteiger partial charge < -0.3 is 5.73 Å². The molecule has 1 aromatic carbocycles. The molecule has 2 heterocycles. The van der Waals surface area contributed by atoms with Crippen molar-refractivity contribution in [3.8, 4) is 10.6 Å². The molecule has 1 amide bonds. The van der Waals surface area contributed by atoms with Crippen LogP contribution < -0.4 is 5.73 Å². The molecule has 0 bridgehead atoms. The van der Waals surface area contributed by atoms with Crippen molar-refractivity contribution < 1.29 is 4.79 Å². The third kappa shape index (κ3) is 1.87. The number of carbonyl (C=O) groups is 1. The van der Waals surface area contributed by atoms with Gasteiger partial charge in [0, 0.05) is 5.39 Å². The molecule has 0 aliphatic carbocycles. The lowest BCUT2D eigenvalue weighted by molar-refractivity contribution is 0.100. The number of fused-ring (bicyclic) bond motifs is 1. The Labute approximate surface area is 108 Å². The molecule has 18 heavy (non-hydrogen) atoms. The zero-order valence-electron chi connectivity index (χ0n) is 9.46. The van der Waals surface area contributed by atoms with Crippen molar-refractivity contribution in [2.24, 2.45) is 5.73 Å². The van der Waals surface area contributed by atoms with E-state index in [2.05, 4.69) is 4.98 Å². The number of rotatable bonds is 2. The number of para-hydroxylation sites is 1. The van der Waals surface area contributed by atoms with E-state index in [1.165, 1.54) is 11.3 Å². The fourth-order valence-electron chi connectivity index (χ4n) is 1.81. The van der Waals surface area contributed by atoms with Gasteiger partial charge in [0.1, 0.15) is 0 Å². The van der Waals surface area contributed by atoms with Crippen LogP contribution in [0.25, 0.3) is 21.5 Å². The zero-order chi connectivity index (χ0) is 12.5. The van der Waals surface area contributed by atoms with Crippen molar-refractivity contribution in [3.05, 3.63) is 53.4 Å². The summed E-state index contributed by atoms with van der Waals surface area (Å²) < 4.78 is 0. The van der Waals surface area contributed by atoms with Crippen molar-refractivity contribution in [1.29, 1.82) is 0 Å². The Morgan fingerprint density at radius 1 is 1.06 bits per heavy atom. The van der Waals surface area contributed by atoms with Crippen LogP contribution in [0.3, 0.4) is 0 Å². The molecule has 0 aliphatic heterocycles. The summed E-state index contributed by atoms with van der Waals surface area (Å²) in [6.45, 7) is 0. The average Bonchev–Trinajstić information content (AvgIpc) is 2.88. The normalized spacial score (nSPS) is 10.7. The third-order valence-corrected chi connectivity index (χ3v) is 3.82. The molecular formula is C14H10N2OS. The number of thiophene rings is 1. The van der Waals surface area contributed by atoms with E-state index >= 15 is 0 Å². The zero-order valence-corrected chi connectivity index (χ0v) is 10.3. The molecule has 4 heteroatoms. The second-order valence-electron chi connectivity index (χ2n) is 3.92. The highest BCUT2D eigenvalue weighted by atomic mass is 32.1. The molecule has 0 unspecified atom stereocenters. The number of carbonyl (C=O) groups excluding carboxylic acids is 1. The first kappa shape index (κ1) is 10.9. The van der Waals surface area contributed by atoms with Crippen molar-refractivity contribution in [3.63, 3.8) is 0 Å². The minimum absolute atomic E-state index is 0.396. The van der Waals surface area contributed by atoms with Crippen LogP contribution in [0.1, 0.15) is 9.67 Å². The fourth-order valence-corrected chi connectivity index (χ4v) is 2.64. The lowest BCUT2D eigenvalue weighted by Crippen LogP contribution is -2.07. The van der Waals surface area contributed by atoms with E-state index in [4.69, 9.17) is 5.73 Å². The van der Waals surface area contributed by atoms with Crippen LogP contribution in [0.5, 0.6) is 0 Å². The maximum Gasteiger partial charge on any atom is 0.258 e. The molecule has 0 atom stereocenters. The number of primary amides is 1. The second-order valence-corrected chi connectivity index (χ2v) is 5.00. The van der Waals surface area contributed by atoms with Gasteiger partial charge >= 0.3 is 0 Å². The summed E-state index contributed by atoms with van der Waals surface area (Å²) in [5.74, 6) is -0.396. The Morgan fingerprint density at radius 3 is 2.67 bits per heavy atom. The van der Waals surface area contributed by atoms with Gasteiger partial charge in [-0.3, -0.25) is 4.79 Å². The van der Waals surface area contributed by atoms with Crippen LogP contribution >= 0.6 is 11.3 Å². The summed E-state index contributed by atoms with van der Waals surface area (Å²) in [7, 11) is 0. The van der Waals surface area contributed by atoms with Crippen molar-refractivity contribution in [2.45, 2.75) is 0 Å². The van der Waals surface area contributed by atoms with Gasteiger partial charge in [-0.15, -0.1) is 11.3 Å². The number of aromatic nitrogens is 1. The van der Waals surface area contributed by atoms with Gasteiger partial charge in [-0.1, -0.05) is 24.3 Å². The number of nitrogens with zero attached hydrogens (tertiary/aromatic N) is 1. The van der Waals surface area contributed by atoms with Gasteiger partial charge in [-0.25, -0.2) is 4.98 Å². The smallest absolute Gasteiger partial charge is 0.258 e. The van der Waals surface area contributed by atoms with Crippen LogP contribution in [0, 0.1) is 0 Å². The second kappa shape index (κ2) is 4.23. The van der Waals surface area contributed by atoms with Crippen LogP contribution in [0.2, 0.25) is 0 Å². The first-order valence-corrected chi connectivity index (χ1v) is 6.31. The molecule has 0 saturated carbocycles. The SMILES string of the molecule is NC(=O)c1ccc(-c2ccc3ccccc3n2)s1. The molecule has 0 radical (unpaired) electrons. The Kier molecular flexibility index (Phi) is 2.57. The highest BCUT2D eigenvalue weighted by Crippen LogP contribution is 2.27. The Hall–Kier alpha value is -2.20. The van der Waals surface area contributed by atoms with Crippen molar-refractivity contribution in [2.75, 3.05) is 0 Å². The highest BCUT2D eigenvalue weighted by Gasteiger charge is 2.08. The Bertz CT molecular complexity index is 733. The molecule has 0 spiro atoms. The quantitative estimate of drug-likeness (QED) is 0.764. The summed E-state index contributed by atoms with van der Waals surface area (Å²) in [4.78, 5) is 17.2. The molecule has 88 valence electrons. The number of pyridine rings is 1. The number of benzene rings is 1. The minimum atomic E-state index is -0.396. The lowest BCUT2D eigenvalue weighted by Gasteiger charge is -2.00. The predicted molar refractivity (Wildman–Crippen MR) is 73.6 cm³/mol. The summed E-state index contributed by atoms with van der Waals surface area (Å²) in [6.07, 6.45) is 0. The summed E-state index contributed by atoms with van der Waals surface area (Å²) in [5.41, 5.74) is 7.06. The number of nitrogens with two attached hydrogens (primary N) is 1. The van der Waals surface area contributed by atoms with Gasteiger partial charge in [0.05, 0.1) is 21.0 Å². The van der Waals surface area contributed by atoms with Crippen LogP contribution in [-0.2, 0) is 0 Å². The molecule has 3 aromatic rings. The molecule has 3 rings (SSSR count). The first-order chi connectivity index (χ1) is 8.74. The highest BCUT2D eigenvalue weighted by molar-refractivity contribution is 7.17. The first-order valence-electron chi connectivity index (χ1n) is 5.50. The average molecular weight is 254 g/mol. The maximum atomic E-state index is 11.1. The standard InChI is InChI=1S/C14H10N2OS/c15-14(17)13-8-7-12(18-13)11-6-5-9-3-1-2-4-10(9)16-11/h1-8H,(H2,15,17). The molecular weight excluding hydrogens is 244 g/mol. The molecule has 0 saturated heterocycles. The van der Waals surface area contributed by atoms with Crippen molar-refractivity contribution >= 4 is 28.1 Å². The van der Waals surface area contributed by atoms with Crippen LogP contribution in [-0.4, -0.2) is 10.9 Å². The Morgan fingerprint density at radius 2 is 1.89 bits per heavy atom. The van der Waals surface area contributed by atoms with Gasteiger partial charge in [0.2, 0.25) is 0 Å². The summed E-state index contributed by atoms with van der Waals surface area (Å²) >= 11 is 1.37. The lowest BCUT2D eigenvalue weighted by atomic mass is 10.2. The molecule has 2 aromatic heterocycles. The van der Waals surface area contributed by atoms with Gasteiger partial charge in [-0.05, 0) is 24.3 Å². The van der Waals surface area contributed by atoms with Crippen LogP contribution in [0.4, 0.5) is 0 Å². The molecule has 0 aliphatic rings. The van der Waals surface area contributed by atoms with E-state index < -0.39 is 5.91 Å². The van der Waals surface area contributed by atoms with Gasteiger partial charge in [-0.2, -0.15) is 0 Å². The number of hydrogen-bond acceptors (Lipinski definition) is 3.